The molecule has 3 heterocycles. The van der Waals surface area contributed by atoms with Crippen LogP contribution in [0.5, 0.6) is 0 Å². The van der Waals surface area contributed by atoms with E-state index >= 15 is 0 Å². The minimum absolute atomic E-state index is 0.817. The first kappa shape index (κ1) is 15.2. The summed E-state index contributed by atoms with van der Waals surface area (Å²) < 4.78 is 0. The fourth-order valence-corrected chi connectivity index (χ4v) is 4.33. The van der Waals surface area contributed by atoms with E-state index in [2.05, 4.69) is 27.4 Å². The highest BCUT2D eigenvalue weighted by Gasteiger charge is 2.20. The van der Waals surface area contributed by atoms with Gasteiger partial charge in [0.2, 0.25) is 0 Å². The molecule has 3 aromatic rings. The number of fused-ring (bicyclic) bond motifs is 3. The minimum Gasteiger partial charge on any atom is -0.261 e. The highest BCUT2D eigenvalue weighted by Crippen LogP contribution is 2.38. The van der Waals surface area contributed by atoms with E-state index in [-0.39, 0.29) is 0 Å². The van der Waals surface area contributed by atoms with Crippen molar-refractivity contribution in [1.82, 2.24) is 15.0 Å². The number of hydrazone groups is 1. The minimum atomic E-state index is 0.817. The number of rotatable bonds is 4. The molecule has 1 aliphatic rings. The molecule has 0 aromatic carbocycles. The lowest BCUT2D eigenvalue weighted by atomic mass is 9.97. The van der Waals surface area contributed by atoms with Crippen molar-refractivity contribution in [3.05, 3.63) is 46.4 Å². The van der Waals surface area contributed by atoms with Gasteiger partial charge in [-0.05, 0) is 43.4 Å². The summed E-state index contributed by atoms with van der Waals surface area (Å²) >= 11 is 1.82. The van der Waals surface area contributed by atoms with E-state index in [1.807, 2.05) is 29.5 Å². The van der Waals surface area contributed by atoms with E-state index in [1.165, 1.54) is 23.3 Å². The van der Waals surface area contributed by atoms with Crippen LogP contribution < -0.4 is 5.43 Å². The van der Waals surface area contributed by atoms with Crippen LogP contribution in [0.1, 0.15) is 41.7 Å². The number of thiophene rings is 1. The Bertz CT molecular complexity index is 885. The summed E-state index contributed by atoms with van der Waals surface area (Å²) in [4.78, 5) is 16.2. The molecular formula is C18H19N5S. The molecule has 3 aromatic heterocycles. The first-order chi connectivity index (χ1) is 11.8. The van der Waals surface area contributed by atoms with Crippen LogP contribution in [0.4, 0.5) is 5.82 Å². The van der Waals surface area contributed by atoms with Gasteiger partial charge in [-0.3, -0.25) is 10.4 Å². The van der Waals surface area contributed by atoms with Crippen molar-refractivity contribution in [2.75, 3.05) is 5.43 Å². The summed E-state index contributed by atoms with van der Waals surface area (Å²) in [6, 6.07) is 5.76. The molecule has 6 heteroatoms. The maximum atomic E-state index is 4.73. The van der Waals surface area contributed by atoms with Crippen LogP contribution in [0, 0.1) is 0 Å². The Labute approximate surface area is 144 Å². The Morgan fingerprint density at radius 1 is 1.25 bits per heavy atom. The maximum absolute atomic E-state index is 4.73. The van der Waals surface area contributed by atoms with E-state index in [4.69, 9.17) is 4.98 Å². The Morgan fingerprint density at radius 3 is 3.00 bits per heavy atom. The SMILES string of the molecule is CCc1nc(N/N=C/c2ccccn2)c2c3c(sc2n1)CCCC3. The van der Waals surface area contributed by atoms with Crippen molar-refractivity contribution in [3.8, 4) is 0 Å². The number of anilines is 1. The summed E-state index contributed by atoms with van der Waals surface area (Å²) in [5.41, 5.74) is 5.37. The summed E-state index contributed by atoms with van der Waals surface area (Å²) in [5, 5.41) is 5.50. The Balaban J connectivity index is 1.72. The quantitative estimate of drug-likeness (QED) is 0.578. The van der Waals surface area contributed by atoms with Gasteiger partial charge in [0.1, 0.15) is 10.7 Å². The lowest BCUT2D eigenvalue weighted by Crippen LogP contribution is -2.03. The van der Waals surface area contributed by atoms with Crippen molar-refractivity contribution >= 4 is 33.6 Å². The highest BCUT2D eigenvalue weighted by atomic mass is 32.1. The fourth-order valence-electron chi connectivity index (χ4n) is 3.05. The molecule has 0 radical (unpaired) electrons. The van der Waals surface area contributed by atoms with Crippen molar-refractivity contribution in [2.24, 2.45) is 5.10 Å². The molecule has 0 bridgehead atoms. The molecule has 1 N–H and O–H groups in total. The van der Waals surface area contributed by atoms with Crippen LogP contribution in [-0.4, -0.2) is 21.2 Å². The Hall–Kier alpha value is -2.34. The van der Waals surface area contributed by atoms with E-state index in [0.29, 0.717) is 0 Å². The second-order valence-electron chi connectivity index (χ2n) is 5.86. The summed E-state index contributed by atoms with van der Waals surface area (Å²) in [6.07, 6.45) is 9.08. The van der Waals surface area contributed by atoms with E-state index in [1.54, 1.807) is 12.4 Å². The maximum Gasteiger partial charge on any atom is 0.159 e. The molecule has 0 fully saturated rings. The molecule has 0 amide bonds. The zero-order chi connectivity index (χ0) is 16.4. The first-order valence-corrected chi connectivity index (χ1v) is 9.18. The van der Waals surface area contributed by atoms with Crippen LogP contribution >= 0.6 is 11.3 Å². The summed E-state index contributed by atoms with van der Waals surface area (Å²) in [5.74, 6) is 1.68. The van der Waals surface area contributed by atoms with Crippen molar-refractivity contribution < 1.29 is 0 Å². The monoisotopic (exact) mass is 337 g/mol. The lowest BCUT2D eigenvalue weighted by molar-refractivity contribution is 0.700. The van der Waals surface area contributed by atoms with Gasteiger partial charge in [-0.1, -0.05) is 13.0 Å². The standard InChI is InChI=1S/C18H19N5S/c1-2-15-21-17(23-20-11-12-7-5-6-10-19-12)16-13-8-3-4-9-14(13)24-18(16)22-15/h5-7,10-11H,2-4,8-9H2,1H3,(H,21,22,23)/b20-11+. The van der Waals surface area contributed by atoms with Gasteiger partial charge in [-0.25, -0.2) is 9.97 Å². The molecule has 0 spiro atoms. The van der Waals surface area contributed by atoms with Crippen molar-refractivity contribution in [1.29, 1.82) is 0 Å². The van der Waals surface area contributed by atoms with Gasteiger partial charge in [-0.2, -0.15) is 5.10 Å². The molecule has 0 aliphatic heterocycles. The van der Waals surface area contributed by atoms with Gasteiger partial charge in [0.15, 0.2) is 5.82 Å². The number of hydrogen-bond acceptors (Lipinski definition) is 6. The smallest absolute Gasteiger partial charge is 0.159 e. The molecule has 5 nitrogen and oxygen atoms in total. The molecule has 122 valence electrons. The van der Waals surface area contributed by atoms with E-state index in [0.717, 1.165) is 46.8 Å². The fraction of sp³-hybridized carbons (Fsp3) is 0.333. The normalized spacial score (nSPS) is 14.2. The van der Waals surface area contributed by atoms with Gasteiger partial charge < -0.3 is 0 Å². The second kappa shape index (κ2) is 6.65. The third-order valence-electron chi connectivity index (χ3n) is 4.23. The van der Waals surface area contributed by atoms with Crippen molar-refractivity contribution in [3.63, 3.8) is 0 Å². The molecule has 0 saturated carbocycles. The van der Waals surface area contributed by atoms with Gasteiger partial charge in [0.05, 0.1) is 17.3 Å². The van der Waals surface area contributed by atoms with E-state index < -0.39 is 0 Å². The van der Waals surface area contributed by atoms with Gasteiger partial charge >= 0.3 is 0 Å². The van der Waals surface area contributed by atoms with Crippen LogP contribution in [-0.2, 0) is 19.3 Å². The molecule has 0 unspecified atom stereocenters. The van der Waals surface area contributed by atoms with Gasteiger partial charge in [0, 0.05) is 17.5 Å². The number of nitrogens with one attached hydrogen (secondary N) is 1. The second-order valence-corrected chi connectivity index (χ2v) is 6.94. The van der Waals surface area contributed by atoms with Crippen LogP contribution in [0.3, 0.4) is 0 Å². The number of aryl methyl sites for hydroxylation is 3. The van der Waals surface area contributed by atoms with Gasteiger partial charge in [0.25, 0.3) is 0 Å². The Morgan fingerprint density at radius 2 is 2.17 bits per heavy atom. The molecule has 24 heavy (non-hydrogen) atoms. The van der Waals surface area contributed by atoms with Crippen LogP contribution in [0.25, 0.3) is 10.2 Å². The summed E-state index contributed by atoms with van der Waals surface area (Å²) in [7, 11) is 0. The number of nitrogens with zero attached hydrogens (tertiary/aromatic N) is 4. The molecule has 0 saturated heterocycles. The van der Waals surface area contributed by atoms with Crippen LogP contribution in [0.15, 0.2) is 29.5 Å². The third kappa shape index (κ3) is 2.89. The molecule has 1 aliphatic carbocycles. The number of aromatic nitrogens is 3. The Kier molecular flexibility index (Phi) is 4.21. The van der Waals surface area contributed by atoms with Crippen molar-refractivity contribution in [2.45, 2.75) is 39.0 Å². The molecule has 4 rings (SSSR count). The van der Waals surface area contributed by atoms with Gasteiger partial charge in [-0.15, -0.1) is 11.3 Å². The highest BCUT2D eigenvalue weighted by molar-refractivity contribution is 7.19. The predicted octanol–water partition coefficient (Wildman–Crippen LogP) is 3.97. The topological polar surface area (TPSA) is 63.1 Å². The average Bonchev–Trinajstić information content (AvgIpc) is 3.01. The van der Waals surface area contributed by atoms with Crippen LogP contribution in [0.2, 0.25) is 0 Å². The number of pyridine rings is 1. The van der Waals surface area contributed by atoms with E-state index in [9.17, 15) is 0 Å². The molecular weight excluding hydrogens is 318 g/mol. The predicted molar refractivity (Wildman–Crippen MR) is 98.9 cm³/mol. The number of hydrogen-bond donors (Lipinski definition) is 1. The summed E-state index contributed by atoms with van der Waals surface area (Å²) in [6.45, 7) is 2.08. The average molecular weight is 337 g/mol. The largest absolute Gasteiger partial charge is 0.261 e. The zero-order valence-electron chi connectivity index (χ0n) is 13.6. The molecule has 0 atom stereocenters. The lowest BCUT2D eigenvalue weighted by Gasteiger charge is -2.11. The zero-order valence-corrected chi connectivity index (χ0v) is 14.4. The third-order valence-corrected chi connectivity index (χ3v) is 5.42. The first-order valence-electron chi connectivity index (χ1n) is 8.36.